The molecular weight excluding hydrogens is 360 g/mol. The first-order valence-electron chi connectivity index (χ1n) is 14.4. The Hall–Kier alpha value is -0.260. The van der Waals surface area contributed by atoms with Crippen LogP contribution in [0.4, 0.5) is 0 Å². The van der Waals surface area contributed by atoms with Crippen molar-refractivity contribution in [2.24, 2.45) is 0 Å². The Morgan fingerprint density at radius 3 is 0.933 bits per heavy atom. The van der Waals surface area contributed by atoms with Crippen LogP contribution in [0.1, 0.15) is 174 Å². The van der Waals surface area contributed by atoms with Gasteiger partial charge in [0.15, 0.2) is 0 Å². The van der Waals surface area contributed by atoms with Gasteiger partial charge in [-0.15, -0.1) is 0 Å². The molecule has 179 valence electrons. The van der Waals surface area contributed by atoms with Crippen molar-refractivity contribution in [2.75, 3.05) is 0 Å². The molecule has 0 unspecified atom stereocenters. The Bertz CT molecular complexity index is 303. The van der Waals surface area contributed by atoms with Gasteiger partial charge in [-0.05, 0) is 25.7 Å². The summed E-state index contributed by atoms with van der Waals surface area (Å²) >= 11 is 0. The Morgan fingerprint density at radius 1 is 0.367 bits per heavy atom. The van der Waals surface area contributed by atoms with Crippen molar-refractivity contribution in [3.63, 3.8) is 0 Å². The molecule has 0 bridgehead atoms. The summed E-state index contributed by atoms with van der Waals surface area (Å²) in [6.07, 6.45) is 41.8. The van der Waals surface area contributed by atoms with Crippen LogP contribution in [-0.2, 0) is 0 Å². The third-order valence-electron chi connectivity index (χ3n) is 6.51. The molecule has 0 spiro atoms. The minimum Gasteiger partial charge on any atom is -0.0885 e. The summed E-state index contributed by atoms with van der Waals surface area (Å²) in [6, 6.07) is 0. The van der Waals surface area contributed by atoms with E-state index in [-0.39, 0.29) is 0 Å². The normalized spacial score (nSPS) is 11.7. The van der Waals surface area contributed by atoms with Crippen molar-refractivity contribution in [1.82, 2.24) is 0 Å². The minimum absolute atomic E-state index is 1.12. The van der Waals surface area contributed by atoms with E-state index in [0.717, 1.165) is 6.42 Å². The van der Waals surface area contributed by atoms with Gasteiger partial charge in [-0.3, -0.25) is 0 Å². The average Bonchev–Trinajstić information content (AvgIpc) is 2.76. The summed E-state index contributed by atoms with van der Waals surface area (Å²) in [5, 5.41) is 0. The molecule has 0 aromatic rings. The van der Waals surface area contributed by atoms with Gasteiger partial charge in [0.1, 0.15) is 0 Å². The molecule has 30 heavy (non-hydrogen) atoms. The number of hydrogen-bond donors (Lipinski definition) is 0. The molecule has 0 fully saturated rings. The zero-order chi connectivity index (χ0) is 21.8. The lowest BCUT2D eigenvalue weighted by Crippen LogP contribution is -1.83. The molecule has 0 atom stereocenters. The van der Waals surface area contributed by atoms with E-state index < -0.39 is 0 Å². The van der Waals surface area contributed by atoms with Crippen LogP contribution < -0.4 is 0 Å². The largest absolute Gasteiger partial charge is 0.0885 e. The Labute approximate surface area is 193 Å². The summed E-state index contributed by atoms with van der Waals surface area (Å²) in [4.78, 5) is 0. The second-order valence-corrected chi connectivity index (χ2v) is 9.68. The third-order valence-corrected chi connectivity index (χ3v) is 6.51. The molecule has 0 N–H and O–H groups in total. The Balaban J connectivity index is 3.05. The number of unbranched alkanes of at least 4 members (excludes halogenated alkanes) is 24. The van der Waals surface area contributed by atoms with Crippen LogP contribution in [0.15, 0.2) is 12.2 Å². The molecule has 0 aliphatic rings. The van der Waals surface area contributed by atoms with E-state index in [9.17, 15) is 0 Å². The first kappa shape index (κ1) is 29.7. The Kier molecular flexibility index (Phi) is 28.5. The molecule has 0 saturated carbocycles. The van der Waals surface area contributed by atoms with Gasteiger partial charge in [0, 0.05) is 0 Å². The molecule has 0 aromatic carbocycles. The minimum atomic E-state index is 1.12. The smallest absolute Gasteiger partial charge is 0.0351 e. The maximum atomic E-state index is 3.91. The number of rotatable bonds is 26. The zero-order valence-corrected chi connectivity index (χ0v) is 21.2. The van der Waals surface area contributed by atoms with E-state index in [1.54, 1.807) is 0 Å². The molecule has 0 saturated heterocycles. The van der Waals surface area contributed by atoms with Crippen molar-refractivity contribution in [2.45, 2.75) is 174 Å². The van der Waals surface area contributed by atoms with Crippen LogP contribution in [0.25, 0.3) is 0 Å². The molecule has 0 rings (SSSR count). The van der Waals surface area contributed by atoms with Gasteiger partial charge >= 0.3 is 0 Å². The topological polar surface area (TPSA) is 0 Å². The lowest BCUT2D eigenvalue weighted by molar-refractivity contribution is 0.537. The second kappa shape index (κ2) is 28.7. The molecule has 0 heterocycles. The summed E-state index contributed by atoms with van der Waals surface area (Å²) in [5.41, 5.74) is 0. The molecular formula is C30H59. The Morgan fingerprint density at radius 2 is 0.633 bits per heavy atom. The summed E-state index contributed by atoms with van der Waals surface area (Å²) in [5.74, 6) is 0. The fraction of sp³-hybridized carbons (Fsp3) is 0.900. The van der Waals surface area contributed by atoms with Crippen LogP contribution in [0.5, 0.6) is 0 Å². The first-order chi connectivity index (χ1) is 14.9. The molecule has 0 aliphatic carbocycles. The fourth-order valence-corrected chi connectivity index (χ4v) is 4.37. The van der Waals surface area contributed by atoms with E-state index in [0.29, 0.717) is 0 Å². The monoisotopic (exact) mass is 419 g/mol. The molecule has 0 aromatic heterocycles. The molecule has 0 nitrogen and oxygen atoms in total. The SMILES string of the molecule is [CH2]CCCCCCCCCCCCCCC/C=C/CCCCCCCCCCCC. The summed E-state index contributed by atoms with van der Waals surface area (Å²) < 4.78 is 0. The highest BCUT2D eigenvalue weighted by atomic mass is 14.0. The highest BCUT2D eigenvalue weighted by Crippen LogP contribution is 2.14. The van der Waals surface area contributed by atoms with Gasteiger partial charge in [-0.2, -0.15) is 0 Å². The second-order valence-electron chi connectivity index (χ2n) is 9.68. The van der Waals surface area contributed by atoms with Crippen molar-refractivity contribution >= 4 is 0 Å². The zero-order valence-electron chi connectivity index (χ0n) is 21.2. The van der Waals surface area contributed by atoms with Gasteiger partial charge in [0.2, 0.25) is 0 Å². The van der Waals surface area contributed by atoms with Crippen LogP contribution in [0.3, 0.4) is 0 Å². The molecule has 0 aliphatic heterocycles. The van der Waals surface area contributed by atoms with Crippen molar-refractivity contribution < 1.29 is 0 Å². The van der Waals surface area contributed by atoms with Crippen LogP contribution in [0.2, 0.25) is 0 Å². The molecule has 0 heteroatoms. The maximum absolute atomic E-state index is 3.91. The van der Waals surface area contributed by atoms with Gasteiger partial charge in [0.05, 0.1) is 0 Å². The predicted octanol–water partition coefficient (Wildman–Crippen LogP) is 11.5. The highest BCUT2D eigenvalue weighted by Gasteiger charge is 1.94. The van der Waals surface area contributed by atoms with Crippen molar-refractivity contribution in [3.8, 4) is 0 Å². The predicted molar refractivity (Wildman–Crippen MR) is 140 cm³/mol. The number of hydrogen-bond acceptors (Lipinski definition) is 0. The molecule has 0 amide bonds. The quantitative estimate of drug-likeness (QED) is 0.0965. The van der Waals surface area contributed by atoms with Crippen LogP contribution in [-0.4, -0.2) is 0 Å². The molecule has 1 radical (unpaired) electrons. The van der Waals surface area contributed by atoms with Crippen molar-refractivity contribution in [3.05, 3.63) is 19.1 Å². The lowest BCUT2D eigenvalue weighted by Gasteiger charge is -2.03. The average molecular weight is 420 g/mol. The van der Waals surface area contributed by atoms with E-state index in [4.69, 9.17) is 0 Å². The maximum Gasteiger partial charge on any atom is -0.0351 e. The van der Waals surface area contributed by atoms with Crippen LogP contribution >= 0.6 is 0 Å². The highest BCUT2D eigenvalue weighted by molar-refractivity contribution is 4.81. The van der Waals surface area contributed by atoms with Gasteiger partial charge < -0.3 is 0 Å². The number of allylic oxidation sites excluding steroid dienone is 2. The fourth-order valence-electron chi connectivity index (χ4n) is 4.37. The van der Waals surface area contributed by atoms with Crippen LogP contribution in [0, 0.1) is 6.92 Å². The van der Waals surface area contributed by atoms with Gasteiger partial charge in [0.25, 0.3) is 0 Å². The van der Waals surface area contributed by atoms with Gasteiger partial charge in [-0.1, -0.05) is 167 Å². The van der Waals surface area contributed by atoms with E-state index in [1.165, 1.54) is 161 Å². The third kappa shape index (κ3) is 27.7. The van der Waals surface area contributed by atoms with E-state index >= 15 is 0 Å². The van der Waals surface area contributed by atoms with E-state index in [2.05, 4.69) is 26.0 Å². The lowest BCUT2D eigenvalue weighted by atomic mass is 10.0. The van der Waals surface area contributed by atoms with Gasteiger partial charge in [-0.25, -0.2) is 0 Å². The van der Waals surface area contributed by atoms with E-state index in [1.807, 2.05) is 0 Å². The standard InChI is InChI=1S/C30H59/c1-3-5-7-9-11-13-15-17-19-21-23-25-27-29-30-28-26-24-22-20-18-16-14-12-10-8-6-4-2/h26,28H,1,3-25,27,29-30H2,2H3/b28-26+. The first-order valence-corrected chi connectivity index (χ1v) is 14.4. The van der Waals surface area contributed by atoms with Crippen molar-refractivity contribution in [1.29, 1.82) is 0 Å². The summed E-state index contributed by atoms with van der Waals surface area (Å²) in [6.45, 7) is 6.21. The summed E-state index contributed by atoms with van der Waals surface area (Å²) in [7, 11) is 0.